The van der Waals surface area contributed by atoms with Gasteiger partial charge in [-0.1, -0.05) is 24.3 Å². The second-order valence-corrected chi connectivity index (χ2v) is 3.68. The van der Waals surface area contributed by atoms with Gasteiger partial charge in [-0.15, -0.1) is 0 Å². The maximum absolute atomic E-state index is 9.80. The number of aliphatic hydroxyl groups excluding tert-OH is 1. The molecule has 0 radical (unpaired) electrons. The summed E-state index contributed by atoms with van der Waals surface area (Å²) in [4.78, 5) is 0. The van der Waals surface area contributed by atoms with Gasteiger partial charge in [0.2, 0.25) is 0 Å². The summed E-state index contributed by atoms with van der Waals surface area (Å²) in [6.45, 7) is 0. The third kappa shape index (κ3) is 1.60. The lowest BCUT2D eigenvalue weighted by molar-refractivity contribution is 0.166. The molecule has 0 fully saturated rings. The molecule has 0 bridgehead atoms. The monoisotopic (exact) mass is 177 g/mol. The SMILES string of the molecule is NC1CCCC(O)c2ccccc21. The smallest absolute Gasteiger partial charge is 0.0793 e. The molecule has 0 heterocycles. The van der Waals surface area contributed by atoms with E-state index < -0.39 is 0 Å². The van der Waals surface area contributed by atoms with E-state index in [4.69, 9.17) is 5.73 Å². The quantitative estimate of drug-likeness (QED) is 0.594. The summed E-state index contributed by atoms with van der Waals surface area (Å²) in [7, 11) is 0. The minimum atomic E-state index is -0.315. The van der Waals surface area contributed by atoms with Crippen LogP contribution in [0.1, 0.15) is 42.5 Å². The van der Waals surface area contributed by atoms with E-state index in [2.05, 4.69) is 0 Å². The van der Waals surface area contributed by atoms with Gasteiger partial charge in [0.05, 0.1) is 6.10 Å². The Kier molecular flexibility index (Phi) is 2.34. The molecule has 0 saturated heterocycles. The summed E-state index contributed by atoms with van der Waals surface area (Å²) >= 11 is 0. The molecule has 0 aliphatic heterocycles. The highest BCUT2D eigenvalue weighted by Gasteiger charge is 2.20. The number of nitrogens with two attached hydrogens (primary N) is 1. The van der Waals surface area contributed by atoms with E-state index in [9.17, 15) is 5.11 Å². The molecule has 0 spiro atoms. The highest BCUT2D eigenvalue weighted by molar-refractivity contribution is 5.32. The number of fused-ring (bicyclic) bond motifs is 1. The number of rotatable bonds is 0. The van der Waals surface area contributed by atoms with E-state index in [-0.39, 0.29) is 12.1 Å². The van der Waals surface area contributed by atoms with E-state index in [1.165, 1.54) is 0 Å². The molecule has 70 valence electrons. The lowest BCUT2D eigenvalue weighted by atomic mass is 9.99. The summed E-state index contributed by atoms with van der Waals surface area (Å²) in [5.74, 6) is 0. The first-order valence-electron chi connectivity index (χ1n) is 4.81. The fourth-order valence-corrected chi connectivity index (χ4v) is 1.99. The van der Waals surface area contributed by atoms with E-state index in [0.29, 0.717) is 0 Å². The molecular weight excluding hydrogens is 162 g/mol. The summed E-state index contributed by atoms with van der Waals surface area (Å²) < 4.78 is 0. The molecule has 2 nitrogen and oxygen atoms in total. The number of aliphatic hydroxyl groups is 1. The molecular formula is C11H15NO. The fraction of sp³-hybridized carbons (Fsp3) is 0.455. The largest absolute Gasteiger partial charge is 0.388 e. The van der Waals surface area contributed by atoms with Crippen molar-refractivity contribution in [2.45, 2.75) is 31.4 Å². The maximum atomic E-state index is 9.80. The summed E-state index contributed by atoms with van der Waals surface area (Å²) in [5, 5.41) is 9.80. The van der Waals surface area contributed by atoms with E-state index in [1.807, 2.05) is 24.3 Å². The lowest BCUT2D eigenvalue weighted by Gasteiger charge is -2.13. The first-order valence-corrected chi connectivity index (χ1v) is 4.81. The zero-order chi connectivity index (χ0) is 9.26. The van der Waals surface area contributed by atoms with Crippen molar-refractivity contribution in [1.29, 1.82) is 0 Å². The van der Waals surface area contributed by atoms with Crippen LogP contribution in [0, 0.1) is 0 Å². The van der Waals surface area contributed by atoms with Gasteiger partial charge in [0.25, 0.3) is 0 Å². The Morgan fingerprint density at radius 2 is 1.85 bits per heavy atom. The molecule has 2 heteroatoms. The highest BCUT2D eigenvalue weighted by Crippen LogP contribution is 2.32. The van der Waals surface area contributed by atoms with Crippen molar-refractivity contribution in [2.75, 3.05) is 0 Å². The fourth-order valence-electron chi connectivity index (χ4n) is 1.99. The zero-order valence-corrected chi connectivity index (χ0v) is 7.61. The van der Waals surface area contributed by atoms with Crippen molar-refractivity contribution in [2.24, 2.45) is 5.73 Å². The van der Waals surface area contributed by atoms with Gasteiger partial charge >= 0.3 is 0 Å². The average Bonchev–Trinajstić information content (AvgIpc) is 2.29. The number of benzene rings is 1. The van der Waals surface area contributed by atoms with Gasteiger partial charge in [0.15, 0.2) is 0 Å². The molecule has 2 unspecified atom stereocenters. The van der Waals surface area contributed by atoms with Crippen molar-refractivity contribution in [3.05, 3.63) is 35.4 Å². The molecule has 0 saturated carbocycles. The molecule has 1 aliphatic rings. The standard InChI is InChI=1S/C11H15NO/c12-10-6-3-7-11(13)9-5-2-1-4-8(9)10/h1-2,4-5,10-11,13H,3,6-7,12H2. The van der Waals surface area contributed by atoms with Gasteiger partial charge in [0, 0.05) is 6.04 Å². The Bertz CT molecular complexity index is 269. The van der Waals surface area contributed by atoms with Gasteiger partial charge in [-0.3, -0.25) is 0 Å². The Hall–Kier alpha value is -0.860. The maximum Gasteiger partial charge on any atom is 0.0793 e. The predicted octanol–water partition coefficient (Wildman–Crippen LogP) is 1.90. The van der Waals surface area contributed by atoms with Crippen molar-refractivity contribution in [1.82, 2.24) is 0 Å². The van der Waals surface area contributed by atoms with Crippen LogP contribution >= 0.6 is 0 Å². The predicted molar refractivity (Wildman–Crippen MR) is 52.2 cm³/mol. The van der Waals surface area contributed by atoms with Crippen molar-refractivity contribution < 1.29 is 5.11 Å². The Morgan fingerprint density at radius 3 is 2.62 bits per heavy atom. The van der Waals surface area contributed by atoms with Crippen molar-refractivity contribution >= 4 is 0 Å². The minimum Gasteiger partial charge on any atom is -0.388 e. The minimum absolute atomic E-state index is 0.105. The second-order valence-electron chi connectivity index (χ2n) is 3.68. The Morgan fingerprint density at radius 1 is 1.15 bits per heavy atom. The molecule has 0 amide bonds. The van der Waals surface area contributed by atoms with Crippen LogP contribution in [0.15, 0.2) is 24.3 Å². The Balaban J connectivity index is 2.45. The summed E-state index contributed by atoms with van der Waals surface area (Å²) in [5.41, 5.74) is 8.14. The van der Waals surface area contributed by atoms with Gasteiger partial charge < -0.3 is 10.8 Å². The molecule has 1 aromatic carbocycles. The molecule has 0 aromatic heterocycles. The summed E-state index contributed by atoms with van der Waals surface area (Å²) in [6.07, 6.45) is 2.51. The topological polar surface area (TPSA) is 46.2 Å². The van der Waals surface area contributed by atoms with Gasteiger partial charge in [-0.05, 0) is 30.4 Å². The van der Waals surface area contributed by atoms with E-state index >= 15 is 0 Å². The van der Waals surface area contributed by atoms with Crippen LogP contribution < -0.4 is 5.73 Å². The van der Waals surface area contributed by atoms with Crippen LogP contribution in [-0.2, 0) is 0 Å². The average molecular weight is 177 g/mol. The normalized spacial score (nSPS) is 27.8. The van der Waals surface area contributed by atoms with Crippen LogP contribution in [-0.4, -0.2) is 5.11 Å². The number of hydrogen-bond donors (Lipinski definition) is 2. The molecule has 2 atom stereocenters. The zero-order valence-electron chi connectivity index (χ0n) is 7.61. The Labute approximate surface area is 78.4 Å². The van der Waals surface area contributed by atoms with Crippen LogP contribution in [0.4, 0.5) is 0 Å². The number of hydrogen-bond acceptors (Lipinski definition) is 2. The molecule has 2 rings (SSSR count). The second kappa shape index (κ2) is 3.48. The third-order valence-electron chi connectivity index (χ3n) is 2.75. The van der Waals surface area contributed by atoms with Gasteiger partial charge in [0.1, 0.15) is 0 Å². The molecule has 13 heavy (non-hydrogen) atoms. The van der Waals surface area contributed by atoms with E-state index in [1.54, 1.807) is 0 Å². The first-order chi connectivity index (χ1) is 6.29. The molecule has 3 N–H and O–H groups in total. The third-order valence-corrected chi connectivity index (χ3v) is 2.75. The first kappa shape index (κ1) is 8.73. The van der Waals surface area contributed by atoms with Crippen LogP contribution in [0.5, 0.6) is 0 Å². The van der Waals surface area contributed by atoms with Crippen LogP contribution in [0.2, 0.25) is 0 Å². The van der Waals surface area contributed by atoms with Crippen LogP contribution in [0.3, 0.4) is 0 Å². The van der Waals surface area contributed by atoms with Crippen LogP contribution in [0.25, 0.3) is 0 Å². The highest BCUT2D eigenvalue weighted by atomic mass is 16.3. The summed E-state index contributed by atoms with van der Waals surface area (Å²) in [6, 6.07) is 8.05. The molecule has 1 aliphatic carbocycles. The van der Waals surface area contributed by atoms with Gasteiger partial charge in [-0.25, -0.2) is 0 Å². The van der Waals surface area contributed by atoms with Crippen molar-refractivity contribution in [3.8, 4) is 0 Å². The van der Waals surface area contributed by atoms with Crippen molar-refractivity contribution in [3.63, 3.8) is 0 Å². The lowest BCUT2D eigenvalue weighted by Crippen LogP contribution is -2.10. The van der Waals surface area contributed by atoms with Gasteiger partial charge in [-0.2, -0.15) is 0 Å². The molecule has 1 aromatic rings. The van der Waals surface area contributed by atoms with E-state index in [0.717, 1.165) is 30.4 Å².